The number of rotatable bonds is 9. The average Bonchev–Trinajstić information content (AvgIpc) is 2.49. The lowest BCUT2D eigenvalue weighted by Crippen LogP contribution is -2.45. The molecule has 1 rings (SSSR count). The zero-order valence-electron chi connectivity index (χ0n) is 13.1. The van der Waals surface area contributed by atoms with Gasteiger partial charge in [-0.2, -0.15) is 0 Å². The molecule has 2 unspecified atom stereocenters. The van der Waals surface area contributed by atoms with E-state index in [4.69, 9.17) is 33.0 Å². The van der Waals surface area contributed by atoms with Crippen LogP contribution in [0.3, 0.4) is 0 Å². The molecule has 2 atom stereocenters. The summed E-state index contributed by atoms with van der Waals surface area (Å²) in [5.74, 6) is -0.944. The van der Waals surface area contributed by atoms with Gasteiger partial charge in [0.2, 0.25) is 5.91 Å². The number of hydrogen-bond donors (Lipinski definition) is 2. The fourth-order valence-electron chi connectivity index (χ4n) is 1.94. The molecule has 2 N–H and O–H groups in total. The normalized spacial score (nSPS) is 13.2. The van der Waals surface area contributed by atoms with Gasteiger partial charge in [-0.1, -0.05) is 43.5 Å². The second-order valence-electron chi connectivity index (χ2n) is 5.30. The van der Waals surface area contributed by atoms with Crippen molar-refractivity contribution in [3.63, 3.8) is 0 Å². The van der Waals surface area contributed by atoms with Crippen molar-refractivity contribution < 1.29 is 19.4 Å². The molecule has 0 aromatic heterocycles. The van der Waals surface area contributed by atoms with Crippen molar-refractivity contribution in [3.8, 4) is 5.75 Å². The summed E-state index contributed by atoms with van der Waals surface area (Å²) in [5, 5.41) is 12.6. The number of halogens is 2. The topological polar surface area (TPSA) is 75.6 Å². The first-order valence-corrected chi connectivity index (χ1v) is 8.20. The van der Waals surface area contributed by atoms with Gasteiger partial charge in [0.05, 0.1) is 11.6 Å². The number of carbonyl (C=O) groups excluding carboxylic acids is 1. The van der Waals surface area contributed by atoms with Crippen LogP contribution in [0, 0.1) is 5.92 Å². The van der Waals surface area contributed by atoms with Crippen molar-refractivity contribution in [1.82, 2.24) is 5.32 Å². The van der Waals surface area contributed by atoms with Crippen LogP contribution in [0.1, 0.15) is 33.1 Å². The summed E-state index contributed by atoms with van der Waals surface area (Å²) >= 11 is 11.8. The molecule has 0 saturated carbocycles. The Hall–Kier alpha value is -1.46. The molecule has 0 aliphatic rings. The summed E-state index contributed by atoms with van der Waals surface area (Å²) in [6.07, 6.45) is 1.32. The minimum absolute atomic E-state index is 0.124. The Balaban J connectivity index is 2.37. The van der Waals surface area contributed by atoms with Gasteiger partial charge < -0.3 is 15.2 Å². The Morgan fingerprint density at radius 2 is 2.04 bits per heavy atom. The number of hydrogen-bond acceptors (Lipinski definition) is 3. The third-order valence-electron chi connectivity index (χ3n) is 3.50. The van der Waals surface area contributed by atoms with Gasteiger partial charge in [0.1, 0.15) is 11.8 Å². The van der Waals surface area contributed by atoms with Crippen molar-refractivity contribution in [2.75, 3.05) is 6.61 Å². The van der Waals surface area contributed by atoms with Crippen LogP contribution in [0.4, 0.5) is 0 Å². The smallest absolute Gasteiger partial charge is 0.326 e. The van der Waals surface area contributed by atoms with Crippen LogP contribution in [-0.2, 0) is 9.59 Å². The molecule has 1 aromatic carbocycles. The second-order valence-corrected chi connectivity index (χ2v) is 6.14. The minimum Gasteiger partial charge on any atom is -0.492 e. The largest absolute Gasteiger partial charge is 0.492 e. The van der Waals surface area contributed by atoms with Gasteiger partial charge in [0.25, 0.3) is 0 Å². The first kappa shape index (κ1) is 19.6. The van der Waals surface area contributed by atoms with E-state index in [1.165, 1.54) is 0 Å². The number of amides is 1. The predicted molar refractivity (Wildman–Crippen MR) is 90.2 cm³/mol. The van der Waals surface area contributed by atoms with E-state index in [0.29, 0.717) is 35.2 Å². The molecule has 0 aliphatic heterocycles. The lowest BCUT2D eigenvalue weighted by Gasteiger charge is -2.20. The van der Waals surface area contributed by atoms with Gasteiger partial charge in [0.15, 0.2) is 0 Å². The Morgan fingerprint density at radius 3 is 2.61 bits per heavy atom. The molecule has 0 bridgehead atoms. The maximum Gasteiger partial charge on any atom is 0.326 e. The van der Waals surface area contributed by atoms with Crippen molar-refractivity contribution in [1.29, 1.82) is 0 Å². The Morgan fingerprint density at radius 1 is 1.35 bits per heavy atom. The van der Waals surface area contributed by atoms with Crippen molar-refractivity contribution in [2.45, 2.75) is 39.2 Å². The molecule has 0 aliphatic carbocycles. The molecule has 1 aromatic rings. The molecular formula is C16H21Cl2NO4. The minimum atomic E-state index is -1.02. The van der Waals surface area contributed by atoms with Gasteiger partial charge in [-0.15, -0.1) is 0 Å². The summed E-state index contributed by atoms with van der Waals surface area (Å²) < 4.78 is 5.48. The summed E-state index contributed by atoms with van der Waals surface area (Å²) in [6.45, 7) is 3.98. The molecule has 0 fully saturated rings. The predicted octanol–water partition coefficient (Wildman–Crippen LogP) is 3.77. The quantitative estimate of drug-likeness (QED) is 0.656. The second kappa shape index (κ2) is 9.63. The van der Waals surface area contributed by atoms with Crippen molar-refractivity contribution in [3.05, 3.63) is 28.2 Å². The van der Waals surface area contributed by atoms with Crippen LogP contribution in [-0.4, -0.2) is 29.6 Å². The van der Waals surface area contributed by atoms with Gasteiger partial charge in [0, 0.05) is 11.4 Å². The van der Waals surface area contributed by atoms with E-state index in [2.05, 4.69) is 5.32 Å². The van der Waals surface area contributed by atoms with Crippen LogP contribution in [0.2, 0.25) is 10.0 Å². The monoisotopic (exact) mass is 361 g/mol. The van der Waals surface area contributed by atoms with Crippen LogP contribution >= 0.6 is 23.2 Å². The summed E-state index contributed by atoms with van der Waals surface area (Å²) in [4.78, 5) is 23.0. The fourth-order valence-corrected chi connectivity index (χ4v) is 2.40. The molecule has 0 saturated heterocycles. The van der Waals surface area contributed by atoms with Gasteiger partial charge >= 0.3 is 5.97 Å². The van der Waals surface area contributed by atoms with Gasteiger partial charge in [-0.05, 0) is 30.5 Å². The Bertz CT molecular complexity index is 551. The van der Waals surface area contributed by atoms with Crippen LogP contribution < -0.4 is 10.1 Å². The maximum atomic E-state index is 11.8. The number of benzene rings is 1. The summed E-state index contributed by atoms with van der Waals surface area (Å²) in [7, 11) is 0. The highest BCUT2D eigenvalue weighted by molar-refractivity contribution is 6.35. The molecule has 1 amide bonds. The number of aliphatic carboxylic acids is 1. The number of ether oxygens (including phenoxy) is 1. The summed E-state index contributed by atoms with van der Waals surface area (Å²) in [6, 6.07) is 4.04. The van der Waals surface area contributed by atoms with Crippen molar-refractivity contribution >= 4 is 35.1 Å². The third-order valence-corrected chi connectivity index (χ3v) is 4.03. The van der Waals surface area contributed by atoms with Crippen LogP contribution in [0.15, 0.2) is 18.2 Å². The highest BCUT2D eigenvalue weighted by Crippen LogP contribution is 2.27. The number of nitrogens with one attached hydrogen (secondary N) is 1. The van der Waals surface area contributed by atoms with Crippen LogP contribution in [0.25, 0.3) is 0 Å². The first-order chi connectivity index (χ1) is 10.8. The fraction of sp³-hybridized carbons (Fsp3) is 0.500. The van der Waals surface area contributed by atoms with E-state index in [9.17, 15) is 9.59 Å². The Labute approximate surface area is 145 Å². The van der Waals surface area contributed by atoms with Crippen molar-refractivity contribution in [2.24, 2.45) is 5.92 Å². The lowest BCUT2D eigenvalue weighted by molar-refractivity contribution is -0.143. The van der Waals surface area contributed by atoms with Gasteiger partial charge in [-0.25, -0.2) is 4.79 Å². The van der Waals surface area contributed by atoms with E-state index in [-0.39, 0.29) is 18.2 Å². The SMILES string of the molecule is CCC(C)C(NC(=O)CCCOc1ccc(Cl)cc1Cl)C(=O)O. The highest BCUT2D eigenvalue weighted by atomic mass is 35.5. The number of carbonyl (C=O) groups is 2. The zero-order chi connectivity index (χ0) is 17.4. The van der Waals surface area contributed by atoms with E-state index in [1.54, 1.807) is 25.1 Å². The molecule has 128 valence electrons. The number of carboxylic acid groups (broad SMARTS) is 1. The molecule has 5 nitrogen and oxygen atoms in total. The Kier molecular flexibility index (Phi) is 8.20. The maximum absolute atomic E-state index is 11.8. The first-order valence-electron chi connectivity index (χ1n) is 7.45. The molecule has 0 radical (unpaired) electrons. The van der Waals surface area contributed by atoms with E-state index in [1.807, 2.05) is 6.92 Å². The average molecular weight is 362 g/mol. The van der Waals surface area contributed by atoms with E-state index in [0.717, 1.165) is 0 Å². The van der Waals surface area contributed by atoms with Gasteiger partial charge in [-0.3, -0.25) is 4.79 Å². The molecule has 0 heterocycles. The van der Waals surface area contributed by atoms with Crippen LogP contribution in [0.5, 0.6) is 5.75 Å². The standard InChI is InChI=1S/C16H21Cl2NO4/c1-3-10(2)15(16(21)22)19-14(20)5-4-8-23-13-7-6-11(17)9-12(13)18/h6-7,9-10,15H,3-5,8H2,1-2H3,(H,19,20)(H,21,22). The lowest BCUT2D eigenvalue weighted by atomic mass is 9.99. The molecule has 23 heavy (non-hydrogen) atoms. The van der Waals surface area contributed by atoms with E-state index < -0.39 is 12.0 Å². The molecular weight excluding hydrogens is 341 g/mol. The third kappa shape index (κ3) is 6.67. The van der Waals surface area contributed by atoms with E-state index >= 15 is 0 Å². The summed E-state index contributed by atoms with van der Waals surface area (Å²) in [5.41, 5.74) is 0. The molecule has 7 heteroatoms. The number of carboxylic acids is 1. The highest BCUT2D eigenvalue weighted by Gasteiger charge is 2.24. The zero-order valence-corrected chi connectivity index (χ0v) is 14.7. The molecule has 0 spiro atoms.